The lowest BCUT2D eigenvalue weighted by Gasteiger charge is -2.01. The van der Waals surface area contributed by atoms with Crippen molar-refractivity contribution in [3.63, 3.8) is 0 Å². The summed E-state index contributed by atoms with van der Waals surface area (Å²) >= 11 is 1.65. The van der Waals surface area contributed by atoms with Crippen molar-refractivity contribution in [3.05, 3.63) is 0 Å². The lowest BCUT2D eigenvalue weighted by molar-refractivity contribution is 0.743. The van der Waals surface area contributed by atoms with Gasteiger partial charge in [-0.2, -0.15) is 5.26 Å². The van der Waals surface area contributed by atoms with Crippen LogP contribution in [0, 0.1) is 11.3 Å². The molecule has 0 bridgehead atoms. The van der Waals surface area contributed by atoms with Gasteiger partial charge >= 0.3 is 0 Å². The van der Waals surface area contributed by atoms with Crippen molar-refractivity contribution < 1.29 is 0 Å². The Balaban J connectivity index is 3.23. The molecule has 0 heterocycles. The number of hydrogen-bond donors (Lipinski definition) is 0. The van der Waals surface area contributed by atoms with Crippen LogP contribution in [0.25, 0.3) is 0 Å². The fourth-order valence-corrected chi connectivity index (χ4v) is 1.13. The van der Waals surface area contributed by atoms with Crippen molar-refractivity contribution >= 4 is 11.8 Å². The first-order valence-electron chi connectivity index (χ1n) is 3.27. The molecule has 0 radical (unpaired) electrons. The predicted octanol–water partition coefficient (Wildman–Crippen LogP) is 2.43. The van der Waals surface area contributed by atoms with Gasteiger partial charge in [-0.25, -0.2) is 0 Å². The van der Waals surface area contributed by atoms with Crippen molar-refractivity contribution in [1.82, 2.24) is 0 Å². The second-order valence-electron chi connectivity index (χ2n) is 2.00. The molecule has 0 fully saturated rings. The zero-order valence-electron chi connectivity index (χ0n) is 6.05. The highest BCUT2D eigenvalue weighted by molar-refractivity contribution is 7.99. The number of hydrogen-bond acceptors (Lipinski definition) is 2. The summed E-state index contributed by atoms with van der Waals surface area (Å²) in [7, 11) is 0. The Hall–Kier alpha value is -0.160. The summed E-state index contributed by atoms with van der Waals surface area (Å²) in [5.74, 6) is 0. The number of thioether (sulfide) groups is 1. The molecule has 0 aliphatic carbocycles. The Morgan fingerprint density at radius 3 is 2.67 bits per heavy atom. The normalized spacial score (nSPS) is 12.6. The zero-order valence-corrected chi connectivity index (χ0v) is 6.87. The molecular formula is C7H13NS. The average Bonchev–Trinajstić information content (AvgIpc) is 1.91. The molecule has 0 saturated carbocycles. The first-order valence-corrected chi connectivity index (χ1v) is 4.56. The molecule has 1 unspecified atom stereocenters. The van der Waals surface area contributed by atoms with E-state index in [9.17, 15) is 0 Å². The molecule has 52 valence electrons. The first kappa shape index (κ1) is 8.84. The van der Waals surface area contributed by atoms with Gasteiger partial charge in [-0.1, -0.05) is 19.8 Å². The smallest absolute Gasteiger partial charge is 0.0913 e. The van der Waals surface area contributed by atoms with Crippen LogP contribution >= 0.6 is 11.8 Å². The maximum Gasteiger partial charge on any atom is 0.0913 e. The van der Waals surface area contributed by atoms with Gasteiger partial charge in [0, 0.05) is 0 Å². The third kappa shape index (κ3) is 4.35. The van der Waals surface area contributed by atoms with Crippen LogP contribution in [-0.4, -0.2) is 11.5 Å². The van der Waals surface area contributed by atoms with Gasteiger partial charge in [-0.15, -0.1) is 11.8 Å². The van der Waals surface area contributed by atoms with E-state index in [2.05, 4.69) is 13.0 Å². The van der Waals surface area contributed by atoms with E-state index in [1.165, 1.54) is 12.8 Å². The van der Waals surface area contributed by atoms with E-state index in [1.54, 1.807) is 11.8 Å². The SMILES string of the molecule is CCCCC(C#N)SC. The van der Waals surface area contributed by atoms with Crippen LogP contribution < -0.4 is 0 Å². The van der Waals surface area contributed by atoms with Crippen LogP contribution in [-0.2, 0) is 0 Å². The summed E-state index contributed by atoms with van der Waals surface area (Å²) in [5, 5.41) is 8.71. The standard InChI is InChI=1S/C7H13NS/c1-3-4-5-7(6-8)9-2/h7H,3-5H2,1-2H3. The Morgan fingerprint density at radius 1 is 1.67 bits per heavy atom. The highest BCUT2D eigenvalue weighted by Crippen LogP contribution is 2.12. The highest BCUT2D eigenvalue weighted by atomic mass is 32.2. The average molecular weight is 143 g/mol. The topological polar surface area (TPSA) is 23.8 Å². The van der Waals surface area contributed by atoms with Gasteiger partial charge in [0.05, 0.1) is 11.3 Å². The molecule has 9 heavy (non-hydrogen) atoms. The van der Waals surface area contributed by atoms with Gasteiger partial charge in [-0.05, 0) is 12.7 Å². The summed E-state index contributed by atoms with van der Waals surface area (Å²) < 4.78 is 0. The number of unbranched alkanes of at least 4 members (excludes halogenated alkanes) is 1. The lowest BCUT2D eigenvalue weighted by atomic mass is 10.2. The third-order valence-corrected chi connectivity index (χ3v) is 2.16. The van der Waals surface area contributed by atoms with Crippen LogP contribution in [0.1, 0.15) is 26.2 Å². The zero-order chi connectivity index (χ0) is 7.11. The molecule has 2 heteroatoms. The molecular weight excluding hydrogens is 130 g/mol. The summed E-state index contributed by atoms with van der Waals surface area (Å²) in [6.45, 7) is 2.15. The second-order valence-corrected chi connectivity index (χ2v) is 3.04. The summed E-state index contributed by atoms with van der Waals surface area (Å²) in [6, 6.07) is 2.25. The van der Waals surface area contributed by atoms with Crippen molar-refractivity contribution in [2.24, 2.45) is 0 Å². The Morgan fingerprint density at radius 2 is 2.33 bits per heavy atom. The minimum atomic E-state index is 0.227. The molecule has 0 aliphatic heterocycles. The van der Waals surface area contributed by atoms with Crippen LogP contribution in [0.15, 0.2) is 0 Å². The molecule has 1 nitrogen and oxygen atoms in total. The molecule has 0 spiro atoms. The van der Waals surface area contributed by atoms with E-state index >= 15 is 0 Å². The fraction of sp³-hybridized carbons (Fsp3) is 0.857. The molecule has 0 aromatic rings. The van der Waals surface area contributed by atoms with E-state index in [4.69, 9.17) is 5.26 Å². The van der Waals surface area contributed by atoms with Crippen LogP contribution in [0.2, 0.25) is 0 Å². The van der Waals surface area contributed by atoms with Gasteiger partial charge in [-0.3, -0.25) is 0 Å². The fourth-order valence-electron chi connectivity index (χ4n) is 0.625. The van der Waals surface area contributed by atoms with Crippen molar-refractivity contribution in [1.29, 1.82) is 5.26 Å². The number of rotatable bonds is 4. The minimum Gasteiger partial charge on any atom is -0.197 e. The summed E-state index contributed by atoms with van der Waals surface area (Å²) in [6.07, 6.45) is 5.41. The van der Waals surface area contributed by atoms with E-state index in [0.717, 1.165) is 6.42 Å². The predicted molar refractivity (Wildman–Crippen MR) is 42.4 cm³/mol. The van der Waals surface area contributed by atoms with Gasteiger partial charge in [0.2, 0.25) is 0 Å². The molecule has 0 aromatic heterocycles. The van der Waals surface area contributed by atoms with E-state index < -0.39 is 0 Å². The van der Waals surface area contributed by atoms with Gasteiger partial charge in [0.15, 0.2) is 0 Å². The van der Waals surface area contributed by atoms with Gasteiger partial charge < -0.3 is 0 Å². The van der Waals surface area contributed by atoms with E-state index in [1.807, 2.05) is 6.26 Å². The molecule has 0 saturated heterocycles. The van der Waals surface area contributed by atoms with Crippen molar-refractivity contribution in [2.75, 3.05) is 6.26 Å². The first-order chi connectivity index (χ1) is 4.35. The maximum atomic E-state index is 8.48. The van der Waals surface area contributed by atoms with Gasteiger partial charge in [0.1, 0.15) is 0 Å². The van der Waals surface area contributed by atoms with Crippen LogP contribution in [0.5, 0.6) is 0 Å². The molecule has 0 aliphatic rings. The second kappa shape index (κ2) is 5.97. The summed E-state index contributed by atoms with van der Waals surface area (Å²) in [4.78, 5) is 0. The molecule has 0 aromatic carbocycles. The van der Waals surface area contributed by atoms with Crippen LogP contribution in [0.3, 0.4) is 0 Å². The lowest BCUT2D eigenvalue weighted by Crippen LogP contribution is -1.96. The van der Waals surface area contributed by atoms with E-state index in [-0.39, 0.29) is 5.25 Å². The summed E-state index contributed by atoms with van der Waals surface area (Å²) in [5.41, 5.74) is 0. The molecule has 1 atom stereocenters. The third-order valence-electron chi connectivity index (χ3n) is 1.25. The molecule has 0 rings (SSSR count). The van der Waals surface area contributed by atoms with Crippen molar-refractivity contribution in [3.8, 4) is 6.07 Å². The largest absolute Gasteiger partial charge is 0.197 e. The van der Waals surface area contributed by atoms with E-state index in [0.29, 0.717) is 0 Å². The Labute approximate surface area is 61.4 Å². The quantitative estimate of drug-likeness (QED) is 0.603. The van der Waals surface area contributed by atoms with Crippen molar-refractivity contribution in [2.45, 2.75) is 31.4 Å². The Bertz CT molecular complexity index is 95.6. The highest BCUT2D eigenvalue weighted by Gasteiger charge is 2.01. The monoisotopic (exact) mass is 143 g/mol. The minimum absolute atomic E-state index is 0.227. The molecule has 0 amide bonds. The number of nitrogens with zero attached hydrogens (tertiary/aromatic N) is 1. The maximum absolute atomic E-state index is 8.48. The van der Waals surface area contributed by atoms with Crippen LogP contribution in [0.4, 0.5) is 0 Å². The number of nitriles is 1. The molecule has 0 N–H and O–H groups in total. The Kier molecular flexibility index (Phi) is 5.86. The van der Waals surface area contributed by atoms with Gasteiger partial charge in [0.25, 0.3) is 0 Å².